The number of primary amides is 1. The van der Waals surface area contributed by atoms with Gasteiger partial charge in [-0.2, -0.15) is 0 Å². The second-order valence-corrected chi connectivity index (χ2v) is 4.52. The van der Waals surface area contributed by atoms with Crippen LogP contribution in [0.5, 0.6) is 5.75 Å². The number of nitrogens with one attached hydrogen (secondary N) is 1. The predicted molar refractivity (Wildman–Crippen MR) is 72.3 cm³/mol. The van der Waals surface area contributed by atoms with E-state index in [1.165, 1.54) is 0 Å². The Morgan fingerprint density at radius 3 is 2.78 bits per heavy atom. The van der Waals surface area contributed by atoms with Crippen molar-refractivity contribution >= 4 is 5.91 Å². The van der Waals surface area contributed by atoms with E-state index in [4.69, 9.17) is 10.5 Å². The van der Waals surface area contributed by atoms with E-state index in [2.05, 4.69) is 5.32 Å². The number of amides is 1. The van der Waals surface area contributed by atoms with Gasteiger partial charge in [0.05, 0.1) is 6.10 Å². The third-order valence-corrected chi connectivity index (χ3v) is 2.43. The Bertz CT molecular complexity index is 378. The van der Waals surface area contributed by atoms with Gasteiger partial charge in [0.15, 0.2) is 0 Å². The fraction of sp³-hybridized carbons (Fsp3) is 0.500. The van der Waals surface area contributed by atoms with E-state index in [-0.39, 0.29) is 12.0 Å². The molecule has 4 heteroatoms. The lowest BCUT2D eigenvalue weighted by molar-refractivity contribution is -0.118. The Morgan fingerprint density at radius 2 is 2.11 bits per heavy atom. The van der Waals surface area contributed by atoms with Crippen molar-refractivity contribution in [3.05, 3.63) is 29.8 Å². The van der Waals surface area contributed by atoms with Gasteiger partial charge < -0.3 is 15.8 Å². The lowest BCUT2D eigenvalue weighted by Crippen LogP contribution is -2.19. The molecular weight excluding hydrogens is 228 g/mol. The largest absolute Gasteiger partial charge is 0.491 e. The molecule has 0 aliphatic carbocycles. The summed E-state index contributed by atoms with van der Waals surface area (Å²) in [4.78, 5) is 10.6. The molecule has 0 fully saturated rings. The molecule has 0 bridgehead atoms. The summed E-state index contributed by atoms with van der Waals surface area (Å²) < 4.78 is 5.73. The minimum atomic E-state index is -0.250. The number of hydrogen-bond donors (Lipinski definition) is 2. The van der Waals surface area contributed by atoms with Crippen LogP contribution in [0.4, 0.5) is 0 Å². The zero-order valence-electron chi connectivity index (χ0n) is 11.1. The maximum Gasteiger partial charge on any atom is 0.217 e. The van der Waals surface area contributed by atoms with Crippen molar-refractivity contribution in [3.63, 3.8) is 0 Å². The number of hydrogen-bond acceptors (Lipinski definition) is 3. The first kappa shape index (κ1) is 14.5. The minimum Gasteiger partial charge on any atom is -0.491 e. The normalized spacial score (nSPS) is 10.6. The third-order valence-electron chi connectivity index (χ3n) is 2.43. The molecule has 100 valence electrons. The maximum atomic E-state index is 10.6. The number of carbonyl (C=O) groups is 1. The molecule has 4 nitrogen and oxygen atoms in total. The van der Waals surface area contributed by atoms with Gasteiger partial charge in [-0.1, -0.05) is 18.2 Å². The van der Waals surface area contributed by atoms with Gasteiger partial charge in [-0.15, -0.1) is 0 Å². The van der Waals surface area contributed by atoms with E-state index in [1.54, 1.807) is 0 Å². The van der Waals surface area contributed by atoms with E-state index in [0.717, 1.165) is 30.8 Å². The van der Waals surface area contributed by atoms with Crippen LogP contribution in [0.25, 0.3) is 0 Å². The van der Waals surface area contributed by atoms with Crippen molar-refractivity contribution in [2.75, 3.05) is 6.54 Å². The summed E-state index contributed by atoms with van der Waals surface area (Å²) >= 11 is 0. The first-order valence-corrected chi connectivity index (χ1v) is 6.33. The fourth-order valence-electron chi connectivity index (χ4n) is 1.63. The standard InChI is InChI=1S/C14H22N2O2/c1-11(2)18-13-7-4-3-6-12(13)10-16-9-5-8-14(15)17/h3-4,6-7,11,16H,5,8-10H2,1-2H3,(H2,15,17). The summed E-state index contributed by atoms with van der Waals surface area (Å²) in [6.07, 6.45) is 1.36. The number of para-hydroxylation sites is 1. The Hall–Kier alpha value is -1.55. The lowest BCUT2D eigenvalue weighted by atomic mass is 10.2. The molecule has 0 radical (unpaired) electrons. The Kier molecular flexibility index (Phi) is 6.22. The zero-order valence-corrected chi connectivity index (χ0v) is 11.1. The Labute approximate surface area is 109 Å². The highest BCUT2D eigenvalue weighted by atomic mass is 16.5. The van der Waals surface area contributed by atoms with Crippen molar-refractivity contribution in [1.82, 2.24) is 5.32 Å². The van der Waals surface area contributed by atoms with Crippen LogP contribution in [0, 0.1) is 0 Å². The van der Waals surface area contributed by atoms with Crippen molar-refractivity contribution in [2.45, 2.75) is 39.3 Å². The van der Waals surface area contributed by atoms with E-state index in [1.807, 2.05) is 38.1 Å². The van der Waals surface area contributed by atoms with Crippen LogP contribution in [0.1, 0.15) is 32.3 Å². The molecule has 0 saturated carbocycles. The summed E-state index contributed by atoms with van der Waals surface area (Å²) in [6.45, 7) is 5.54. The molecular formula is C14H22N2O2. The van der Waals surface area contributed by atoms with Gasteiger partial charge in [0, 0.05) is 18.5 Å². The molecule has 0 aliphatic rings. The number of nitrogens with two attached hydrogens (primary N) is 1. The van der Waals surface area contributed by atoms with Gasteiger partial charge in [-0.25, -0.2) is 0 Å². The average molecular weight is 250 g/mol. The number of ether oxygens (including phenoxy) is 1. The van der Waals surface area contributed by atoms with Crippen molar-refractivity contribution in [2.24, 2.45) is 5.73 Å². The van der Waals surface area contributed by atoms with Gasteiger partial charge in [-0.3, -0.25) is 4.79 Å². The third kappa shape index (κ3) is 5.68. The van der Waals surface area contributed by atoms with Crippen molar-refractivity contribution < 1.29 is 9.53 Å². The molecule has 1 aromatic rings. The quantitative estimate of drug-likeness (QED) is 0.692. The monoisotopic (exact) mass is 250 g/mol. The molecule has 0 aromatic heterocycles. The molecule has 0 saturated heterocycles. The van der Waals surface area contributed by atoms with Crippen LogP contribution < -0.4 is 15.8 Å². The van der Waals surface area contributed by atoms with Crippen LogP contribution in [0.3, 0.4) is 0 Å². The molecule has 1 amide bonds. The maximum absolute atomic E-state index is 10.6. The number of rotatable bonds is 8. The smallest absolute Gasteiger partial charge is 0.217 e. The summed E-state index contributed by atoms with van der Waals surface area (Å²) in [5.41, 5.74) is 6.21. The van der Waals surface area contributed by atoms with E-state index < -0.39 is 0 Å². The van der Waals surface area contributed by atoms with Gasteiger partial charge in [-0.05, 0) is 32.9 Å². The first-order valence-electron chi connectivity index (χ1n) is 6.33. The Morgan fingerprint density at radius 1 is 1.39 bits per heavy atom. The van der Waals surface area contributed by atoms with Crippen molar-refractivity contribution in [3.8, 4) is 5.75 Å². The topological polar surface area (TPSA) is 64.3 Å². The van der Waals surface area contributed by atoms with E-state index >= 15 is 0 Å². The molecule has 1 rings (SSSR count). The lowest BCUT2D eigenvalue weighted by Gasteiger charge is -2.14. The summed E-state index contributed by atoms with van der Waals surface area (Å²) in [5, 5.41) is 3.28. The fourth-order valence-corrected chi connectivity index (χ4v) is 1.63. The van der Waals surface area contributed by atoms with Crippen molar-refractivity contribution in [1.29, 1.82) is 0 Å². The summed E-state index contributed by atoms with van der Waals surface area (Å²) in [5.74, 6) is 0.662. The second-order valence-electron chi connectivity index (χ2n) is 4.52. The molecule has 18 heavy (non-hydrogen) atoms. The molecule has 0 unspecified atom stereocenters. The molecule has 0 spiro atoms. The average Bonchev–Trinajstić information content (AvgIpc) is 2.29. The van der Waals surface area contributed by atoms with Gasteiger partial charge in [0.1, 0.15) is 5.75 Å². The van der Waals surface area contributed by atoms with Crippen LogP contribution in [0.2, 0.25) is 0 Å². The summed E-state index contributed by atoms with van der Waals surface area (Å²) in [6, 6.07) is 7.97. The molecule has 0 heterocycles. The van der Waals surface area contributed by atoms with E-state index in [0.29, 0.717) is 6.42 Å². The molecule has 0 aliphatic heterocycles. The molecule has 0 atom stereocenters. The van der Waals surface area contributed by atoms with Crippen LogP contribution in [0.15, 0.2) is 24.3 Å². The van der Waals surface area contributed by atoms with E-state index in [9.17, 15) is 4.79 Å². The van der Waals surface area contributed by atoms with Crippen LogP contribution in [-0.2, 0) is 11.3 Å². The van der Waals surface area contributed by atoms with Crippen LogP contribution >= 0.6 is 0 Å². The highest BCUT2D eigenvalue weighted by molar-refractivity contribution is 5.73. The minimum absolute atomic E-state index is 0.168. The molecule has 3 N–H and O–H groups in total. The van der Waals surface area contributed by atoms with Crippen LogP contribution in [-0.4, -0.2) is 18.6 Å². The number of carbonyl (C=O) groups excluding carboxylic acids is 1. The second kappa shape index (κ2) is 7.71. The van der Waals surface area contributed by atoms with Gasteiger partial charge in [0.2, 0.25) is 5.91 Å². The predicted octanol–water partition coefficient (Wildman–Crippen LogP) is 1.83. The molecule has 1 aromatic carbocycles. The summed E-state index contributed by atoms with van der Waals surface area (Å²) in [7, 11) is 0. The SMILES string of the molecule is CC(C)Oc1ccccc1CNCCCC(N)=O. The highest BCUT2D eigenvalue weighted by Gasteiger charge is 2.04. The zero-order chi connectivity index (χ0) is 13.4. The van der Waals surface area contributed by atoms with Gasteiger partial charge >= 0.3 is 0 Å². The Balaban J connectivity index is 2.39. The highest BCUT2D eigenvalue weighted by Crippen LogP contribution is 2.18. The first-order chi connectivity index (χ1) is 8.59. The van der Waals surface area contributed by atoms with Gasteiger partial charge in [0.25, 0.3) is 0 Å². The number of benzene rings is 1.